The van der Waals surface area contributed by atoms with Crippen LogP contribution in [-0.2, 0) is 6.54 Å². The standard InChI is InChI=1S/C13H19N3O/c1-14-7-12-8-15-13(17)16(10-12)9-11-5-3-2-4-6-11/h2-6,12,14H,7-10H2,1H3,(H,15,17). The minimum absolute atomic E-state index is 0.0428. The molecule has 0 bridgehead atoms. The average molecular weight is 233 g/mol. The Bertz CT molecular complexity index is 366. The van der Waals surface area contributed by atoms with E-state index in [1.807, 2.05) is 30.1 Å². The van der Waals surface area contributed by atoms with E-state index >= 15 is 0 Å². The highest BCUT2D eigenvalue weighted by Gasteiger charge is 2.24. The maximum absolute atomic E-state index is 11.7. The monoisotopic (exact) mass is 233 g/mol. The molecule has 0 aliphatic carbocycles. The van der Waals surface area contributed by atoms with Crippen molar-refractivity contribution in [2.24, 2.45) is 5.92 Å². The quantitative estimate of drug-likeness (QED) is 0.816. The van der Waals surface area contributed by atoms with Gasteiger partial charge in [-0.05, 0) is 12.6 Å². The highest BCUT2D eigenvalue weighted by molar-refractivity contribution is 5.75. The molecule has 0 spiro atoms. The van der Waals surface area contributed by atoms with Crippen molar-refractivity contribution in [2.75, 3.05) is 26.7 Å². The van der Waals surface area contributed by atoms with Crippen LogP contribution in [0.3, 0.4) is 0 Å². The van der Waals surface area contributed by atoms with E-state index in [2.05, 4.69) is 22.8 Å². The van der Waals surface area contributed by atoms with E-state index in [0.717, 1.165) is 19.6 Å². The Morgan fingerprint density at radius 1 is 1.41 bits per heavy atom. The second-order valence-corrected chi connectivity index (χ2v) is 4.48. The molecule has 2 N–H and O–H groups in total. The smallest absolute Gasteiger partial charge is 0.317 e. The average Bonchev–Trinajstić information content (AvgIpc) is 2.35. The molecular weight excluding hydrogens is 214 g/mol. The first-order chi connectivity index (χ1) is 8.29. The lowest BCUT2D eigenvalue weighted by atomic mass is 10.1. The van der Waals surface area contributed by atoms with Crippen LogP contribution in [0.5, 0.6) is 0 Å². The first-order valence-corrected chi connectivity index (χ1v) is 6.01. The molecule has 1 saturated heterocycles. The van der Waals surface area contributed by atoms with Crippen LogP contribution in [0.25, 0.3) is 0 Å². The molecule has 4 nitrogen and oxygen atoms in total. The highest BCUT2D eigenvalue weighted by atomic mass is 16.2. The predicted octanol–water partition coefficient (Wildman–Crippen LogP) is 1.05. The van der Waals surface area contributed by atoms with Gasteiger partial charge in [0, 0.05) is 32.1 Å². The van der Waals surface area contributed by atoms with Crippen molar-refractivity contribution in [1.82, 2.24) is 15.5 Å². The lowest BCUT2D eigenvalue weighted by molar-refractivity contribution is 0.163. The zero-order valence-corrected chi connectivity index (χ0v) is 10.1. The van der Waals surface area contributed by atoms with E-state index in [0.29, 0.717) is 12.5 Å². The van der Waals surface area contributed by atoms with Gasteiger partial charge in [-0.2, -0.15) is 0 Å². The number of benzene rings is 1. The highest BCUT2D eigenvalue weighted by Crippen LogP contribution is 2.11. The molecule has 1 heterocycles. The third-order valence-electron chi connectivity index (χ3n) is 3.02. The Morgan fingerprint density at radius 2 is 2.18 bits per heavy atom. The minimum atomic E-state index is 0.0428. The summed E-state index contributed by atoms with van der Waals surface area (Å²) in [6.45, 7) is 3.21. The Balaban J connectivity index is 1.96. The molecule has 17 heavy (non-hydrogen) atoms. The zero-order valence-electron chi connectivity index (χ0n) is 10.1. The third-order valence-corrected chi connectivity index (χ3v) is 3.02. The molecule has 1 unspecified atom stereocenters. The molecule has 1 aromatic rings. The van der Waals surface area contributed by atoms with Gasteiger partial charge in [0.15, 0.2) is 0 Å². The third kappa shape index (κ3) is 3.20. The van der Waals surface area contributed by atoms with Crippen LogP contribution in [0.2, 0.25) is 0 Å². The Kier molecular flexibility index (Phi) is 3.98. The molecule has 1 aromatic carbocycles. The van der Waals surface area contributed by atoms with Crippen molar-refractivity contribution in [2.45, 2.75) is 6.54 Å². The van der Waals surface area contributed by atoms with Gasteiger partial charge in [-0.1, -0.05) is 30.3 Å². The number of hydrogen-bond acceptors (Lipinski definition) is 2. The molecule has 1 aliphatic rings. The first kappa shape index (κ1) is 11.9. The van der Waals surface area contributed by atoms with E-state index in [9.17, 15) is 4.79 Å². The summed E-state index contributed by atoms with van der Waals surface area (Å²) < 4.78 is 0. The maximum Gasteiger partial charge on any atom is 0.317 e. The summed E-state index contributed by atoms with van der Waals surface area (Å²) in [6.07, 6.45) is 0. The van der Waals surface area contributed by atoms with E-state index in [-0.39, 0.29) is 6.03 Å². The molecule has 1 atom stereocenters. The molecule has 0 saturated carbocycles. The number of nitrogens with one attached hydrogen (secondary N) is 2. The van der Waals surface area contributed by atoms with Crippen molar-refractivity contribution in [1.29, 1.82) is 0 Å². The van der Waals surface area contributed by atoms with Crippen molar-refractivity contribution >= 4 is 6.03 Å². The van der Waals surface area contributed by atoms with Crippen molar-refractivity contribution in [3.05, 3.63) is 35.9 Å². The van der Waals surface area contributed by atoms with Crippen LogP contribution in [-0.4, -0.2) is 37.6 Å². The van der Waals surface area contributed by atoms with Gasteiger partial charge in [0.25, 0.3) is 0 Å². The maximum atomic E-state index is 11.7. The Morgan fingerprint density at radius 3 is 2.88 bits per heavy atom. The van der Waals surface area contributed by atoms with Crippen LogP contribution in [0, 0.1) is 5.92 Å². The Labute approximate surface area is 102 Å². The summed E-state index contributed by atoms with van der Waals surface area (Å²) in [5.41, 5.74) is 1.17. The van der Waals surface area contributed by atoms with Gasteiger partial charge in [0.2, 0.25) is 0 Å². The van der Waals surface area contributed by atoms with E-state index < -0.39 is 0 Å². The number of nitrogens with zero attached hydrogens (tertiary/aromatic N) is 1. The minimum Gasteiger partial charge on any atom is -0.338 e. The van der Waals surface area contributed by atoms with Crippen molar-refractivity contribution in [3.63, 3.8) is 0 Å². The number of rotatable bonds is 4. The lowest BCUT2D eigenvalue weighted by Gasteiger charge is -2.33. The second kappa shape index (κ2) is 5.68. The summed E-state index contributed by atoms with van der Waals surface area (Å²) in [4.78, 5) is 13.6. The molecule has 4 heteroatoms. The molecule has 2 amide bonds. The van der Waals surface area contributed by atoms with Gasteiger partial charge < -0.3 is 15.5 Å². The van der Waals surface area contributed by atoms with Gasteiger partial charge in [-0.15, -0.1) is 0 Å². The molecule has 1 aliphatic heterocycles. The summed E-state index contributed by atoms with van der Waals surface area (Å²) >= 11 is 0. The van der Waals surface area contributed by atoms with E-state index in [1.54, 1.807) is 0 Å². The van der Waals surface area contributed by atoms with E-state index in [1.165, 1.54) is 5.56 Å². The SMILES string of the molecule is CNCC1CNC(=O)N(Cc2ccccc2)C1. The van der Waals surface area contributed by atoms with Gasteiger partial charge in [-0.3, -0.25) is 0 Å². The number of hydrogen-bond donors (Lipinski definition) is 2. The topological polar surface area (TPSA) is 44.4 Å². The lowest BCUT2D eigenvalue weighted by Crippen LogP contribution is -2.52. The van der Waals surface area contributed by atoms with Gasteiger partial charge in [-0.25, -0.2) is 4.79 Å². The first-order valence-electron chi connectivity index (χ1n) is 6.01. The molecule has 0 radical (unpaired) electrons. The second-order valence-electron chi connectivity index (χ2n) is 4.48. The number of carbonyl (C=O) groups is 1. The van der Waals surface area contributed by atoms with Crippen LogP contribution in [0.1, 0.15) is 5.56 Å². The number of carbonyl (C=O) groups excluding carboxylic acids is 1. The van der Waals surface area contributed by atoms with Crippen LogP contribution >= 0.6 is 0 Å². The summed E-state index contributed by atoms with van der Waals surface area (Å²) in [6, 6.07) is 10.1. The molecule has 1 fully saturated rings. The van der Waals surface area contributed by atoms with Crippen molar-refractivity contribution < 1.29 is 4.79 Å². The fraction of sp³-hybridized carbons (Fsp3) is 0.462. The summed E-state index contributed by atoms with van der Waals surface area (Å²) in [7, 11) is 1.94. The van der Waals surface area contributed by atoms with Crippen LogP contribution in [0.4, 0.5) is 4.79 Å². The van der Waals surface area contributed by atoms with E-state index in [4.69, 9.17) is 0 Å². The normalized spacial score (nSPS) is 20.2. The molecule has 92 valence electrons. The fourth-order valence-electron chi connectivity index (χ4n) is 2.17. The van der Waals surface area contributed by atoms with Gasteiger partial charge in [0.1, 0.15) is 0 Å². The van der Waals surface area contributed by atoms with Crippen LogP contribution < -0.4 is 10.6 Å². The number of amides is 2. The molecular formula is C13H19N3O. The predicted molar refractivity (Wildman–Crippen MR) is 67.7 cm³/mol. The Hall–Kier alpha value is -1.55. The van der Waals surface area contributed by atoms with Gasteiger partial charge in [0.05, 0.1) is 0 Å². The molecule has 2 rings (SSSR count). The molecule has 0 aromatic heterocycles. The number of urea groups is 1. The van der Waals surface area contributed by atoms with Gasteiger partial charge >= 0.3 is 6.03 Å². The summed E-state index contributed by atoms with van der Waals surface area (Å²) in [5.74, 6) is 0.487. The van der Waals surface area contributed by atoms with Crippen molar-refractivity contribution in [3.8, 4) is 0 Å². The fourth-order valence-corrected chi connectivity index (χ4v) is 2.17. The van der Waals surface area contributed by atoms with Crippen LogP contribution in [0.15, 0.2) is 30.3 Å². The largest absolute Gasteiger partial charge is 0.338 e. The zero-order chi connectivity index (χ0) is 12.1. The summed E-state index contributed by atoms with van der Waals surface area (Å²) in [5, 5.41) is 6.09.